The molecule has 2 aromatic carbocycles. The van der Waals surface area contributed by atoms with Gasteiger partial charge in [0.2, 0.25) is 0 Å². The summed E-state index contributed by atoms with van der Waals surface area (Å²) >= 11 is 0. The number of allylic oxidation sites excluding steroid dienone is 4. The van der Waals surface area contributed by atoms with E-state index in [0.29, 0.717) is 6.42 Å². The van der Waals surface area contributed by atoms with Gasteiger partial charge in [0.15, 0.2) is 5.78 Å². The van der Waals surface area contributed by atoms with Crippen LogP contribution in [0.5, 0.6) is 0 Å². The molecule has 1 heteroatoms. The van der Waals surface area contributed by atoms with Gasteiger partial charge in [-0.05, 0) is 54.8 Å². The van der Waals surface area contributed by atoms with E-state index < -0.39 is 0 Å². The first-order valence-electron chi connectivity index (χ1n) is 7.95. The summed E-state index contributed by atoms with van der Waals surface area (Å²) in [7, 11) is 0. The maximum atomic E-state index is 12.5. The SMILES string of the molecule is CCC(=O)c1cc2ccccc2cc1C1C=C(C)C(C)=C1C. The molecule has 0 spiro atoms. The summed E-state index contributed by atoms with van der Waals surface area (Å²) in [5.41, 5.74) is 6.07. The van der Waals surface area contributed by atoms with Crippen molar-refractivity contribution in [2.75, 3.05) is 0 Å². The third-order valence-corrected chi connectivity index (χ3v) is 4.94. The number of carbonyl (C=O) groups is 1. The number of ketones is 1. The number of rotatable bonds is 3. The molecule has 112 valence electrons. The van der Waals surface area contributed by atoms with Gasteiger partial charge in [-0.2, -0.15) is 0 Å². The highest BCUT2D eigenvalue weighted by Gasteiger charge is 2.24. The van der Waals surface area contributed by atoms with E-state index in [4.69, 9.17) is 0 Å². The van der Waals surface area contributed by atoms with Gasteiger partial charge in [0.1, 0.15) is 0 Å². The largest absolute Gasteiger partial charge is 0.294 e. The molecule has 3 rings (SSSR count). The van der Waals surface area contributed by atoms with Gasteiger partial charge in [-0.25, -0.2) is 0 Å². The maximum absolute atomic E-state index is 12.5. The summed E-state index contributed by atoms with van der Waals surface area (Å²) < 4.78 is 0. The minimum Gasteiger partial charge on any atom is -0.294 e. The number of fused-ring (bicyclic) bond motifs is 1. The van der Waals surface area contributed by atoms with Crippen LogP contribution < -0.4 is 0 Å². The van der Waals surface area contributed by atoms with Gasteiger partial charge in [-0.1, -0.05) is 48.4 Å². The third-order valence-electron chi connectivity index (χ3n) is 4.94. The van der Waals surface area contributed by atoms with Crippen LogP contribution in [-0.2, 0) is 0 Å². The van der Waals surface area contributed by atoms with Crippen molar-refractivity contribution >= 4 is 16.6 Å². The van der Waals surface area contributed by atoms with Gasteiger partial charge in [0, 0.05) is 17.9 Å². The predicted molar refractivity (Wildman–Crippen MR) is 93.4 cm³/mol. The Labute approximate surface area is 132 Å². The van der Waals surface area contributed by atoms with Crippen molar-refractivity contribution in [1.29, 1.82) is 0 Å². The zero-order chi connectivity index (χ0) is 15.9. The Bertz CT molecular complexity index is 821. The van der Waals surface area contributed by atoms with E-state index in [-0.39, 0.29) is 11.7 Å². The molecule has 0 aromatic heterocycles. The molecule has 0 fully saturated rings. The number of hydrogen-bond acceptors (Lipinski definition) is 1. The van der Waals surface area contributed by atoms with Crippen molar-refractivity contribution < 1.29 is 4.79 Å². The van der Waals surface area contributed by atoms with Crippen LogP contribution in [0.1, 0.15) is 56.0 Å². The monoisotopic (exact) mass is 290 g/mol. The first-order chi connectivity index (χ1) is 10.5. The Balaban J connectivity index is 2.26. The lowest BCUT2D eigenvalue weighted by Gasteiger charge is -2.17. The lowest BCUT2D eigenvalue weighted by Crippen LogP contribution is -2.06. The summed E-state index contributed by atoms with van der Waals surface area (Å²) in [5.74, 6) is 0.458. The van der Waals surface area contributed by atoms with Crippen molar-refractivity contribution in [3.8, 4) is 0 Å². The molecule has 1 unspecified atom stereocenters. The van der Waals surface area contributed by atoms with E-state index in [2.05, 4.69) is 57.2 Å². The maximum Gasteiger partial charge on any atom is 0.162 e. The summed E-state index contributed by atoms with van der Waals surface area (Å²) in [5, 5.41) is 2.34. The number of Topliss-reactive ketones (excluding diaryl/α,β-unsaturated/α-hetero) is 1. The smallest absolute Gasteiger partial charge is 0.162 e. The minimum atomic E-state index is 0.226. The van der Waals surface area contributed by atoms with Crippen molar-refractivity contribution in [1.82, 2.24) is 0 Å². The van der Waals surface area contributed by atoms with Crippen LogP contribution in [0.3, 0.4) is 0 Å². The van der Waals surface area contributed by atoms with E-state index in [0.717, 1.165) is 16.5 Å². The molecule has 0 heterocycles. The van der Waals surface area contributed by atoms with E-state index in [1.807, 2.05) is 13.0 Å². The van der Waals surface area contributed by atoms with Crippen LogP contribution in [0.4, 0.5) is 0 Å². The van der Waals surface area contributed by atoms with E-state index >= 15 is 0 Å². The van der Waals surface area contributed by atoms with Crippen molar-refractivity contribution in [3.63, 3.8) is 0 Å². The van der Waals surface area contributed by atoms with Crippen molar-refractivity contribution in [3.05, 3.63) is 70.3 Å². The normalized spacial score (nSPS) is 18.0. The molecule has 2 aromatic rings. The number of benzene rings is 2. The summed E-state index contributed by atoms with van der Waals surface area (Å²) in [6.45, 7) is 8.44. The Morgan fingerprint density at radius 2 is 1.68 bits per heavy atom. The van der Waals surface area contributed by atoms with Crippen LogP contribution in [0.2, 0.25) is 0 Å². The van der Waals surface area contributed by atoms with Gasteiger partial charge in [-0.3, -0.25) is 4.79 Å². The highest BCUT2D eigenvalue weighted by Crippen LogP contribution is 2.40. The summed E-state index contributed by atoms with van der Waals surface area (Å²) in [4.78, 5) is 12.5. The van der Waals surface area contributed by atoms with Crippen molar-refractivity contribution in [2.45, 2.75) is 40.0 Å². The van der Waals surface area contributed by atoms with Gasteiger partial charge >= 0.3 is 0 Å². The molecule has 1 aliphatic rings. The molecule has 0 saturated heterocycles. The fourth-order valence-corrected chi connectivity index (χ4v) is 3.31. The molecule has 1 atom stereocenters. The van der Waals surface area contributed by atoms with Crippen molar-refractivity contribution in [2.24, 2.45) is 0 Å². The molecule has 22 heavy (non-hydrogen) atoms. The highest BCUT2D eigenvalue weighted by molar-refractivity contribution is 6.02. The fraction of sp³-hybridized carbons (Fsp3) is 0.286. The van der Waals surface area contributed by atoms with Crippen LogP contribution in [0.25, 0.3) is 10.8 Å². The second kappa shape index (κ2) is 5.57. The van der Waals surface area contributed by atoms with Crippen LogP contribution in [0, 0.1) is 0 Å². The summed E-state index contributed by atoms with van der Waals surface area (Å²) in [6.07, 6.45) is 2.84. The Kier molecular flexibility index (Phi) is 3.74. The lowest BCUT2D eigenvalue weighted by molar-refractivity contribution is 0.0987. The van der Waals surface area contributed by atoms with Crippen LogP contribution in [-0.4, -0.2) is 5.78 Å². The quantitative estimate of drug-likeness (QED) is 0.652. The zero-order valence-electron chi connectivity index (χ0n) is 13.7. The van der Waals surface area contributed by atoms with Crippen LogP contribution in [0.15, 0.2) is 59.2 Å². The average Bonchev–Trinajstić information content (AvgIpc) is 2.80. The summed E-state index contributed by atoms with van der Waals surface area (Å²) in [6, 6.07) is 12.6. The molecule has 0 amide bonds. The predicted octanol–water partition coefficient (Wildman–Crippen LogP) is 5.81. The average molecular weight is 290 g/mol. The third kappa shape index (κ3) is 2.31. The molecule has 0 radical (unpaired) electrons. The molecule has 1 aliphatic carbocycles. The Morgan fingerprint density at radius 1 is 1.05 bits per heavy atom. The standard InChI is InChI=1S/C21H22O/c1-5-21(22)20-12-17-9-7-6-8-16(17)11-19(20)18-10-13(2)14(3)15(18)4/h6-12,18H,5H2,1-4H3. The Morgan fingerprint density at radius 3 is 2.23 bits per heavy atom. The topological polar surface area (TPSA) is 17.1 Å². The van der Waals surface area contributed by atoms with E-state index in [9.17, 15) is 4.79 Å². The van der Waals surface area contributed by atoms with Gasteiger partial charge in [0.05, 0.1) is 0 Å². The van der Waals surface area contributed by atoms with E-state index in [1.54, 1.807) is 0 Å². The fourth-order valence-electron chi connectivity index (χ4n) is 3.31. The molecular formula is C21H22O. The minimum absolute atomic E-state index is 0.226. The lowest BCUT2D eigenvalue weighted by atomic mass is 9.86. The highest BCUT2D eigenvalue weighted by atomic mass is 16.1. The molecular weight excluding hydrogens is 268 g/mol. The molecule has 0 aliphatic heterocycles. The number of carbonyl (C=O) groups excluding carboxylic acids is 1. The Hall–Kier alpha value is -2.15. The molecule has 0 bridgehead atoms. The van der Waals surface area contributed by atoms with Gasteiger partial charge < -0.3 is 0 Å². The molecule has 1 nitrogen and oxygen atoms in total. The number of hydrogen-bond donors (Lipinski definition) is 0. The van der Waals surface area contributed by atoms with E-state index in [1.165, 1.54) is 22.1 Å². The van der Waals surface area contributed by atoms with Gasteiger partial charge in [0.25, 0.3) is 0 Å². The zero-order valence-corrected chi connectivity index (χ0v) is 13.7. The first kappa shape index (κ1) is 14.8. The molecule has 0 saturated carbocycles. The van der Waals surface area contributed by atoms with Gasteiger partial charge in [-0.15, -0.1) is 0 Å². The first-order valence-corrected chi connectivity index (χ1v) is 7.95. The second-order valence-corrected chi connectivity index (χ2v) is 6.20. The van der Waals surface area contributed by atoms with Crippen LogP contribution >= 0.6 is 0 Å². The molecule has 0 N–H and O–H groups in total. The second-order valence-electron chi connectivity index (χ2n) is 6.20.